The van der Waals surface area contributed by atoms with Crippen molar-refractivity contribution in [2.45, 2.75) is 52.0 Å². The van der Waals surface area contributed by atoms with E-state index in [0.717, 1.165) is 12.8 Å². The van der Waals surface area contributed by atoms with E-state index < -0.39 is 4.92 Å². The molecular formula is C16H22N6O2. The minimum absolute atomic E-state index is 0.0887. The normalized spacial score (nSPS) is 20.8. The van der Waals surface area contributed by atoms with Crippen molar-refractivity contribution in [3.05, 3.63) is 34.5 Å². The summed E-state index contributed by atoms with van der Waals surface area (Å²) >= 11 is 0. The van der Waals surface area contributed by atoms with Crippen LogP contribution in [0.15, 0.2) is 18.7 Å². The van der Waals surface area contributed by atoms with E-state index in [4.69, 9.17) is 0 Å². The number of rotatable bonds is 5. The van der Waals surface area contributed by atoms with Crippen molar-refractivity contribution in [2.24, 2.45) is 5.92 Å². The van der Waals surface area contributed by atoms with Crippen molar-refractivity contribution in [3.63, 3.8) is 0 Å². The first-order valence-electron chi connectivity index (χ1n) is 8.38. The van der Waals surface area contributed by atoms with Gasteiger partial charge in [0.25, 0.3) is 0 Å². The molecule has 1 aliphatic rings. The van der Waals surface area contributed by atoms with Crippen LogP contribution in [-0.4, -0.2) is 30.5 Å². The lowest BCUT2D eigenvalue weighted by atomic mass is 9.83. The molecule has 1 N–H and O–H groups in total. The number of imidazole rings is 1. The zero-order valence-corrected chi connectivity index (χ0v) is 14.0. The molecule has 2 atom stereocenters. The van der Waals surface area contributed by atoms with Gasteiger partial charge < -0.3 is 5.32 Å². The molecule has 8 heteroatoms. The molecule has 0 saturated heterocycles. The highest BCUT2D eigenvalue weighted by atomic mass is 16.6. The summed E-state index contributed by atoms with van der Waals surface area (Å²) in [6, 6.07) is 0.320. The third kappa shape index (κ3) is 3.22. The van der Waals surface area contributed by atoms with Crippen molar-refractivity contribution >= 4 is 11.6 Å². The Labute approximate surface area is 140 Å². The van der Waals surface area contributed by atoms with Gasteiger partial charge in [0, 0.05) is 18.4 Å². The van der Waals surface area contributed by atoms with E-state index in [1.807, 2.05) is 0 Å². The molecule has 0 bridgehead atoms. The Morgan fingerprint density at radius 2 is 2.17 bits per heavy atom. The van der Waals surface area contributed by atoms with Crippen molar-refractivity contribution < 1.29 is 4.92 Å². The number of nitro groups is 1. The predicted octanol–water partition coefficient (Wildman–Crippen LogP) is 3.26. The van der Waals surface area contributed by atoms with Crippen LogP contribution >= 0.6 is 0 Å². The van der Waals surface area contributed by atoms with E-state index in [0.29, 0.717) is 23.6 Å². The Bertz CT molecular complexity index is 716. The molecule has 3 rings (SSSR count). The maximum absolute atomic E-state index is 11.4. The van der Waals surface area contributed by atoms with Gasteiger partial charge in [-0.1, -0.05) is 26.2 Å². The Kier molecular flexibility index (Phi) is 4.73. The maximum Gasteiger partial charge on any atom is 0.333 e. The minimum atomic E-state index is -0.441. The second kappa shape index (κ2) is 6.94. The molecule has 0 spiro atoms. The second-order valence-electron chi connectivity index (χ2n) is 6.24. The van der Waals surface area contributed by atoms with Gasteiger partial charge in [-0.15, -0.1) is 0 Å². The lowest BCUT2D eigenvalue weighted by molar-refractivity contribution is -0.385. The number of aromatic nitrogens is 4. The van der Waals surface area contributed by atoms with Gasteiger partial charge in [-0.25, -0.2) is 9.97 Å². The van der Waals surface area contributed by atoms with Crippen LogP contribution in [0.25, 0.3) is 5.82 Å². The van der Waals surface area contributed by atoms with E-state index >= 15 is 0 Å². The van der Waals surface area contributed by atoms with Crippen LogP contribution in [0.2, 0.25) is 0 Å². The number of aryl methyl sites for hydroxylation is 1. The number of anilines is 1. The lowest BCUT2D eigenvalue weighted by Crippen LogP contribution is -2.32. The Balaban J connectivity index is 1.96. The summed E-state index contributed by atoms with van der Waals surface area (Å²) in [5.74, 6) is 1.29. The number of hydrogen-bond donors (Lipinski definition) is 1. The fourth-order valence-electron chi connectivity index (χ4n) is 3.45. The van der Waals surface area contributed by atoms with E-state index in [1.165, 1.54) is 25.6 Å². The first-order valence-corrected chi connectivity index (χ1v) is 8.38. The highest BCUT2D eigenvalue weighted by Gasteiger charge is 2.27. The van der Waals surface area contributed by atoms with Crippen LogP contribution in [0.1, 0.15) is 44.7 Å². The van der Waals surface area contributed by atoms with E-state index in [1.54, 1.807) is 23.9 Å². The second-order valence-corrected chi connectivity index (χ2v) is 6.24. The fourth-order valence-corrected chi connectivity index (χ4v) is 3.45. The molecule has 2 aromatic heterocycles. The van der Waals surface area contributed by atoms with E-state index in [2.05, 4.69) is 27.2 Å². The molecule has 1 fully saturated rings. The topological polar surface area (TPSA) is 98.8 Å². The van der Waals surface area contributed by atoms with Gasteiger partial charge in [0.1, 0.15) is 12.0 Å². The van der Waals surface area contributed by atoms with Gasteiger partial charge in [0.15, 0.2) is 0 Å². The summed E-state index contributed by atoms with van der Waals surface area (Å²) in [5, 5.41) is 14.8. The summed E-state index contributed by atoms with van der Waals surface area (Å²) in [6.45, 7) is 3.84. The van der Waals surface area contributed by atoms with Crippen LogP contribution in [0.3, 0.4) is 0 Å². The Hall–Kier alpha value is -2.51. The zero-order chi connectivity index (χ0) is 17.1. The molecule has 1 saturated carbocycles. The Morgan fingerprint density at radius 1 is 1.38 bits per heavy atom. The summed E-state index contributed by atoms with van der Waals surface area (Å²) in [6.07, 6.45) is 10.6. The molecule has 0 aliphatic heterocycles. The standard InChI is InChI=1S/C16H22N6O2/c1-3-12-6-4-5-7-13(12)19-16-18-11(2)14(22(23)24)15(20-16)21-9-8-17-10-21/h8-10,12-13H,3-7H2,1-2H3,(H,18,19,20)/t12-,13?/m0/s1. The average molecular weight is 330 g/mol. The lowest BCUT2D eigenvalue weighted by Gasteiger charge is -2.31. The molecule has 0 amide bonds. The summed E-state index contributed by atoms with van der Waals surface area (Å²) < 4.78 is 1.55. The smallest absolute Gasteiger partial charge is 0.333 e. The molecule has 2 heterocycles. The third-order valence-corrected chi connectivity index (χ3v) is 4.72. The van der Waals surface area contributed by atoms with Crippen molar-refractivity contribution in [1.82, 2.24) is 19.5 Å². The van der Waals surface area contributed by atoms with Gasteiger partial charge in [-0.05, 0) is 25.7 Å². The van der Waals surface area contributed by atoms with Crippen LogP contribution in [0, 0.1) is 23.0 Å². The summed E-state index contributed by atoms with van der Waals surface area (Å²) in [7, 11) is 0. The van der Waals surface area contributed by atoms with E-state index in [9.17, 15) is 10.1 Å². The molecule has 1 aliphatic carbocycles. The zero-order valence-electron chi connectivity index (χ0n) is 14.0. The Morgan fingerprint density at radius 3 is 2.83 bits per heavy atom. The number of hydrogen-bond acceptors (Lipinski definition) is 6. The molecule has 24 heavy (non-hydrogen) atoms. The average Bonchev–Trinajstić information content (AvgIpc) is 3.08. The molecule has 8 nitrogen and oxygen atoms in total. The predicted molar refractivity (Wildman–Crippen MR) is 90.2 cm³/mol. The fraction of sp³-hybridized carbons (Fsp3) is 0.562. The first kappa shape index (κ1) is 16.4. The summed E-state index contributed by atoms with van der Waals surface area (Å²) in [4.78, 5) is 23.7. The molecule has 2 aromatic rings. The molecule has 128 valence electrons. The maximum atomic E-state index is 11.4. The monoisotopic (exact) mass is 330 g/mol. The van der Waals surface area contributed by atoms with Crippen molar-refractivity contribution in [3.8, 4) is 5.82 Å². The van der Waals surface area contributed by atoms with Crippen LogP contribution in [0.4, 0.5) is 11.6 Å². The van der Waals surface area contributed by atoms with Gasteiger partial charge in [0.2, 0.25) is 11.8 Å². The highest BCUT2D eigenvalue weighted by molar-refractivity contribution is 5.53. The van der Waals surface area contributed by atoms with Gasteiger partial charge >= 0.3 is 5.69 Å². The van der Waals surface area contributed by atoms with Crippen LogP contribution in [-0.2, 0) is 0 Å². The van der Waals surface area contributed by atoms with Crippen molar-refractivity contribution in [1.29, 1.82) is 0 Å². The quantitative estimate of drug-likeness (QED) is 0.667. The van der Waals surface area contributed by atoms with Gasteiger partial charge in [-0.2, -0.15) is 4.98 Å². The summed E-state index contributed by atoms with van der Waals surface area (Å²) in [5.41, 5.74) is 0.263. The third-order valence-electron chi connectivity index (χ3n) is 4.72. The van der Waals surface area contributed by atoms with Gasteiger partial charge in [0.05, 0.1) is 4.92 Å². The van der Waals surface area contributed by atoms with Crippen molar-refractivity contribution in [2.75, 3.05) is 5.32 Å². The molecular weight excluding hydrogens is 308 g/mol. The molecule has 0 aromatic carbocycles. The SMILES string of the molecule is CC[C@H]1CCCCC1Nc1nc(C)c([N+](=O)[O-])c(-n2ccnc2)n1. The van der Waals surface area contributed by atoms with Gasteiger partial charge in [-0.3, -0.25) is 14.7 Å². The largest absolute Gasteiger partial charge is 0.351 e. The molecule has 1 unspecified atom stereocenters. The van der Waals surface area contributed by atoms with E-state index in [-0.39, 0.29) is 11.5 Å². The number of nitrogens with zero attached hydrogens (tertiary/aromatic N) is 5. The first-order chi connectivity index (χ1) is 11.6. The molecule has 0 radical (unpaired) electrons. The highest BCUT2D eigenvalue weighted by Crippen LogP contribution is 2.30. The van der Waals surface area contributed by atoms with Crippen LogP contribution < -0.4 is 5.32 Å². The van der Waals surface area contributed by atoms with Crippen LogP contribution in [0.5, 0.6) is 0 Å². The number of nitrogens with one attached hydrogen (secondary N) is 1. The minimum Gasteiger partial charge on any atom is -0.351 e.